The fraction of sp³-hybridized carbons (Fsp3) is 0.500. The molecule has 2 heterocycles. The Labute approximate surface area is 187 Å². The Morgan fingerprint density at radius 3 is 2.66 bits per heavy atom. The standard InChI is InChI=1S/C24H30FN5O2/c1-2-3-4-17-5-7-19(8-6-17)24(31)26-15-16-32-22-14-13-21-27-28-23(30(21)29-22)18-9-11-20(25)12-10-18/h9-14,17,19H,2-8,15-16H2,1H3,(H,26,31). The number of hydrogen-bond donors (Lipinski definition) is 1. The summed E-state index contributed by atoms with van der Waals surface area (Å²) in [6, 6.07) is 9.49. The van der Waals surface area contributed by atoms with Gasteiger partial charge in [0, 0.05) is 17.5 Å². The number of nitrogens with one attached hydrogen (secondary N) is 1. The lowest BCUT2D eigenvalue weighted by Gasteiger charge is -2.27. The van der Waals surface area contributed by atoms with E-state index >= 15 is 0 Å². The number of aromatic nitrogens is 4. The van der Waals surface area contributed by atoms with E-state index in [0.717, 1.165) is 31.6 Å². The molecule has 0 bridgehead atoms. The molecular formula is C24H30FN5O2. The Morgan fingerprint density at radius 1 is 1.12 bits per heavy atom. The van der Waals surface area contributed by atoms with Crippen molar-refractivity contribution in [2.75, 3.05) is 13.2 Å². The third-order valence-electron chi connectivity index (χ3n) is 6.18. The number of benzene rings is 1. The molecule has 1 amide bonds. The summed E-state index contributed by atoms with van der Waals surface area (Å²) in [5.41, 5.74) is 1.28. The van der Waals surface area contributed by atoms with Crippen LogP contribution in [0.15, 0.2) is 36.4 Å². The number of hydrogen-bond acceptors (Lipinski definition) is 5. The molecule has 4 rings (SSSR count). The van der Waals surface area contributed by atoms with Gasteiger partial charge in [0.2, 0.25) is 11.8 Å². The van der Waals surface area contributed by atoms with Crippen LogP contribution in [-0.2, 0) is 4.79 Å². The van der Waals surface area contributed by atoms with Crippen LogP contribution in [0, 0.1) is 17.7 Å². The molecule has 1 fully saturated rings. The molecule has 1 saturated carbocycles. The summed E-state index contributed by atoms with van der Waals surface area (Å²) < 4.78 is 20.5. The second-order valence-electron chi connectivity index (χ2n) is 8.47. The number of amides is 1. The van der Waals surface area contributed by atoms with Gasteiger partial charge < -0.3 is 10.1 Å². The third-order valence-corrected chi connectivity index (χ3v) is 6.18. The quantitative estimate of drug-likeness (QED) is 0.499. The summed E-state index contributed by atoms with van der Waals surface area (Å²) >= 11 is 0. The van der Waals surface area contributed by atoms with E-state index < -0.39 is 0 Å². The van der Waals surface area contributed by atoms with Gasteiger partial charge in [-0.05, 0) is 61.9 Å². The SMILES string of the molecule is CCCCC1CCC(C(=O)NCCOc2ccc3nnc(-c4ccc(F)cc4)n3n2)CC1. The Hall–Kier alpha value is -3.03. The summed E-state index contributed by atoms with van der Waals surface area (Å²) in [6.45, 7) is 2.98. The average Bonchev–Trinajstić information content (AvgIpc) is 3.24. The number of fused-ring (bicyclic) bond motifs is 1. The van der Waals surface area contributed by atoms with Gasteiger partial charge in [0.1, 0.15) is 12.4 Å². The lowest BCUT2D eigenvalue weighted by molar-refractivity contribution is -0.126. The molecule has 170 valence electrons. The van der Waals surface area contributed by atoms with E-state index in [1.165, 1.54) is 31.4 Å². The van der Waals surface area contributed by atoms with Crippen LogP contribution in [0.1, 0.15) is 51.9 Å². The van der Waals surface area contributed by atoms with Gasteiger partial charge >= 0.3 is 0 Å². The normalized spacial score (nSPS) is 18.6. The Bertz CT molecular complexity index is 1030. The molecule has 3 aromatic rings. The van der Waals surface area contributed by atoms with Crippen LogP contribution in [0.4, 0.5) is 4.39 Å². The molecule has 7 nitrogen and oxygen atoms in total. The minimum Gasteiger partial charge on any atom is -0.475 e. The van der Waals surface area contributed by atoms with Gasteiger partial charge in [0.05, 0.1) is 6.54 Å². The summed E-state index contributed by atoms with van der Waals surface area (Å²) in [6.07, 6.45) is 8.12. The number of ether oxygens (including phenoxy) is 1. The number of halogens is 1. The largest absolute Gasteiger partial charge is 0.475 e. The maximum absolute atomic E-state index is 13.2. The molecule has 1 aromatic carbocycles. The first kappa shape index (κ1) is 22.2. The molecule has 1 N–H and O–H groups in total. The monoisotopic (exact) mass is 439 g/mol. The first-order valence-corrected chi connectivity index (χ1v) is 11.5. The number of carbonyl (C=O) groups is 1. The minimum atomic E-state index is -0.314. The predicted octanol–water partition coefficient (Wildman–Crippen LogP) is 4.42. The fourth-order valence-electron chi connectivity index (χ4n) is 4.31. The van der Waals surface area contributed by atoms with Gasteiger partial charge in [0.15, 0.2) is 11.5 Å². The number of nitrogens with zero attached hydrogens (tertiary/aromatic N) is 4. The highest BCUT2D eigenvalue weighted by atomic mass is 19.1. The van der Waals surface area contributed by atoms with Gasteiger partial charge in [0.25, 0.3) is 0 Å². The lowest BCUT2D eigenvalue weighted by atomic mass is 9.79. The molecule has 0 radical (unpaired) electrons. The van der Waals surface area contributed by atoms with Crippen LogP contribution < -0.4 is 10.1 Å². The van der Waals surface area contributed by atoms with Gasteiger partial charge in [-0.1, -0.05) is 26.2 Å². The smallest absolute Gasteiger partial charge is 0.231 e. The van der Waals surface area contributed by atoms with Gasteiger partial charge in [-0.2, -0.15) is 4.52 Å². The number of rotatable bonds is 9. The van der Waals surface area contributed by atoms with Crippen molar-refractivity contribution in [1.29, 1.82) is 0 Å². The topological polar surface area (TPSA) is 81.4 Å². The second-order valence-corrected chi connectivity index (χ2v) is 8.47. The zero-order valence-corrected chi connectivity index (χ0v) is 18.5. The molecular weight excluding hydrogens is 409 g/mol. The highest BCUT2D eigenvalue weighted by molar-refractivity contribution is 5.78. The Balaban J connectivity index is 1.26. The van der Waals surface area contributed by atoms with Crippen LogP contribution in [0.2, 0.25) is 0 Å². The van der Waals surface area contributed by atoms with E-state index in [1.54, 1.807) is 28.8 Å². The van der Waals surface area contributed by atoms with Crippen molar-refractivity contribution in [2.24, 2.45) is 11.8 Å². The summed E-state index contributed by atoms with van der Waals surface area (Å²) in [5, 5.41) is 15.7. The van der Waals surface area contributed by atoms with E-state index in [9.17, 15) is 9.18 Å². The van der Waals surface area contributed by atoms with Crippen molar-refractivity contribution in [3.05, 3.63) is 42.2 Å². The van der Waals surface area contributed by atoms with Crippen LogP contribution in [0.5, 0.6) is 5.88 Å². The third kappa shape index (κ3) is 5.41. The molecule has 1 aliphatic rings. The van der Waals surface area contributed by atoms with Crippen molar-refractivity contribution in [3.8, 4) is 17.3 Å². The van der Waals surface area contributed by atoms with Crippen molar-refractivity contribution in [1.82, 2.24) is 25.1 Å². The van der Waals surface area contributed by atoms with Crippen molar-refractivity contribution in [3.63, 3.8) is 0 Å². The maximum Gasteiger partial charge on any atom is 0.231 e. The van der Waals surface area contributed by atoms with Crippen LogP contribution in [0.3, 0.4) is 0 Å². The van der Waals surface area contributed by atoms with E-state index in [1.807, 2.05) is 0 Å². The van der Waals surface area contributed by atoms with Crippen molar-refractivity contribution >= 4 is 11.6 Å². The summed E-state index contributed by atoms with van der Waals surface area (Å²) in [7, 11) is 0. The zero-order chi connectivity index (χ0) is 22.3. The fourth-order valence-corrected chi connectivity index (χ4v) is 4.31. The van der Waals surface area contributed by atoms with Crippen molar-refractivity contribution in [2.45, 2.75) is 51.9 Å². The van der Waals surface area contributed by atoms with Gasteiger partial charge in [-0.3, -0.25) is 4.79 Å². The lowest BCUT2D eigenvalue weighted by Crippen LogP contribution is -2.35. The Kier molecular flexibility index (Phi) is 7.29. The highest BCUT2D eigenvalue weighted by Gasteiger charge is 2.25. The molecule has 8 heteroatoms. The van der Waals surface area contributed by atoms with Gasteiger partial charge in [-0.15, -0.1) is 15.3 Å². The highest BCUT2D eigenvalue weighted by Crippen LogP contribution is 2.31. The molecule has 0 saturated heterocycles. The molecule has 0 atom stereocenters. The molecule has 32 heavy (non-hydrogen) atoms. The van der Waals surface area contributed by atoms with E-state index in [-0.39, 0.29) is 17.6 Å². The summed E-state index contributed by atoms with van der Waals surface area (Å²) in [4.78, 5) is 12.5. The molecule has 1 aliphatic carbocycles. The zero-order valence-electron chi connectivity index (χ0n) is 18.5. The van der Waals surface area contributed by atoms with E-state index in [2.05, 4.69) is 27.5 Å². The molecule has 0 aliphatic heterocycles. The second kappa shape index (κ2) is 10.5. The Morgan fingerprint density at radius 2 is 1.91 bits per heavy atom. The number of carbonyl (C=O) groups excluding carboxylic acids is 1. The molecule has 0 spiro atoms. The molecule has 0 unspecified atom stereocenters. The minimum absolute atomic E-state index is 0.123. The van der Waals surface area contributed by atoms with E-state index in [4.69, 9.17) is 4.74 Å². The van der Waals surface area contributed by atoms with Crippen LogP contribution in [-0.4, -0.2) is 38.9 Å². The molecule has 2 aromatic heterocycles. The van der Waals surface area contributed by atoms with Gasteiger partial charge in [-0.25, -0.2) is 4.39 Å². The van der Waals surface area contributed by atoms with Crippen molar-refractivity contribution < 1.29 is 13.9 Å². The first-order chi connectivity index (χ1) is 15.6. The average molecular weight is 440 g/mol. The van der Waals surface area contributed by atoms with E-state index in [0.29, 0.717) is 36.1 Å². The number of unbranched alkanes of at least 4 members (excludes halogenated alkanes) is 1. The maximum atomic E-state index is 13.2. The summed E-state index contributed by atoms with van der Waals surface area (Å²) in [5.74, 6) is 1.65. The van der Waals surface area contributed by atoms with Crippen LogP contribution in [0.25, 0.3) is 17.0 Å². The van der Waals surface area contributed by atoms with Crippen LogP contribution >= 0.6 is 0 Å². The predicted molar refractivity (Wildman–Crippen MR) is 120 cm³/mol. The first-order valence-electron chi connectivity index (χ1n) is 11.5.